The molecule has 0 saturated carbocycles. The van der Waals surface area contributed by atoms with E-state index in [1.54, 1.807) is 56.2 Å². The number of hydrogen-bond acceptors (Lipinski definition) is 5. The fourth-order valence-corrected chi connectivity index (χ4v) is 4.46. The number of anilines is 1. The Labute approximate surface area is 174 Å². The molecule has 8 nitrogen and oxygen atoms in total. The van der Waals surface area contributed by atoms with E-state index < -0.39 is 21.5 Å². The van der Waals surface area contributed by atoms with Crippen LogP contribution in [0.3, 0.4) is 0 Å². The van der Waals surface area contributed by atoms with Crippen molar-refractivity contribution in [1.82, 2.24) is 19.3 Å². The van der Waals surface area contributed by atoms with Crippen molar-refractivity contribution >= 4 is 33.2 Å². The van der Waals surface area contributed by atoms with E-state index in [1.807, 2.05) is 0 Å². The highest BCUT2D eigenvalue weighted by Crippen LogP contribution is 2.24. The second-order valence-electron chi connectivity index (χ2n) is 7.33. The molecular weight excluding hydrogens is 414 g/mol. The predicted octanol–water partition coefficient (Wildman–Crippen LogP) is 3.25. The lowest BCUT2D eigenvalue weighted by molar-refractivity contribution is 0.102. The maximum absolute atomic E-state index is 12.6. The van der Waals surface area contributed by atoms with Crippen molar-refractivity contribution in [2.45, 2.75) is 31.2 Å². The minimum atomic E-state index is -3.89. The summed E-state index contributed by atoms with van der Waals surface area (Å²) in [4.78, 5) is 20.6. The lowest BCUT2D eigenvalue weighted by atomic mass is 10.1. The van der Waals surface area contributed by atoms with E-state index in [0.717, 1.165) is 0 Å². The number of carbonyl (C=O) groups is 1. The van der Waals surface area contributed by atoms with Crippen molar-refractivity contribution in [2.75, 3.05) is 5.32 Å². The van der Waals surface area contributed by atoms with Gasteiger partial charge in [-0.3, -0.25) is 9.36 Å². The minimum Gasteiger partial charge on any atom is -0.321 e. The molecule has 29 heavy (non-hydrogen) atoms. The van der Waals surface area contributed by atoms with Crippen molar-refractivity contribution < 1.29 is 13.2 Å². The molecule has 0 radical (unpaired) electrons. The lowest BCUT2D eigenvalue weighted by Gasteiger charge is -2.21. The second kappa shape index (κ2) is 7.94. The van der Waals surface area contributed by atoms with Crippen LogP contribution in [0.2, 0.25) is 5.02 Å². The topological polar surface area (TPSA) is 106 Å². The van der Waals surface area contributed by atoms with Crippen LogP contribution >= 0.6 is 11.6 Å². The number of aromatic nitrogens is 3. The molecule has 0 unspecified atom stereocenters. The molecule has 2 aromatic heterocycles. The third kappa shape index (κ3) is 5.20. The third-order valence-electron chi connectivity index (χ3n) is 3.70. The first-order valence-corrected chi connectivity index (χ1v) is 10.5. The number of benzene rings is 1. The van der Waals surface area contributed by atoms with E-state index in [-0.39, 0.29) is 15.5 Å². The maximum atomic E-state index is 12.6. The first kappa shape index (κ1) is 21.0. The SMILES string of the molecule is CC(C)(C)NS(=O)(=O)c1cc(C(=O)Nc2ccc(-n3ccnc3)nc2)ccc1Cl. The molecule has 10 heteroatoms. The molecule has 2 N–H and O–H groups in total. The fourth-order valence-electron chi connectivity index (χ4n) is 2.52. The summed E-state index contributed by atoms with van der Waals surface area (Å²) < 4.78 is 29.5. The molecule has 0 aliphatic rings. The lowest BCUT2D eigenvalue weighted by Crippen LogP contribution is -2.40. The molecule has 3 aromatic rings. The fraction of sp³-hybridized carbons (Fsp3) is 0.211. The predicted molar refractivity (Wildman–Crippen MR) is 111 cm³/mol. The van der Waals surface area contributed by atoms with Gasteiger partial charge in [0, 0.05) is 23.5 Å². The quantitative estimate of drug-likeness (QED) is 0.642. The van der Waals surface area contributed by atoms with Crippen LogP contribution in [0.15, 0.2) is 60.1 Å². The molecule has 1 amide bonds. The zero-order chi connectivity index (χ0) is 21.2. The molecule has 0 atom stereocenters. The Morgan fingerprint density at radius 3 is 2.52 bits per heavy atom. The van der Waals surface area contributed by atoms with Gasteiger partial charge in [-0.15, -0.1) is 0 Å². The van der Waals surface area contributed by atoms with Gasteiger partial charge >= 0.3 is 0 Å². The summed E-state index contributed by atoms with van der Waals surface area (Å²) in [6.07, 6.45) is 6.50. The van der Waals surface area contributed by atoms with Crippen LogP contribution in [0.5, 0.6) is 0 Å². The number of carbonyl (C=O) groups excluding carboxylic acids is 1. The molecule has 0 aliphatic heterocycles. The van der Waals surface area contributed by atoms with E-state index in [1.165, 1.54) is 24.4 Å². The summed E-state index contributed by atoms with van der Waals surface area (Å²) in [5.74, 6) is 0.166. The highest BCUT2D eigenvalue weighted by Gasteiger charge is 2.25. The zero-order valence-corrected chi connectivity index (χ0v) is 17.6. The van der Waals surface area contributed by atoms with Gasteiger partial charge < -0.3 is 5.32 Å². The molecule has 0 saturated heterocycles. The number of amides is 1. The summed E-state index contributed by atoms with van der Waals surface area (Å²) >= 11 is 6.07. The number of nitrogens with one attached hydrogen (secondary N) is 2. The Kier molecular flexibility index (Phi) is 5.74. The normalized spacial score (nSPS) is 12.0. The van der Waals surface area contributed by atoms with Gasteiger partial charge in [0.2, 0.25) is 10.0 Å². The molecule has 0 fully saturated rings. The van der Waals surface area contributed by atoms with Gasteiger partial charge in [0.1, 0.15) is 17.0 Å². The van der Waals surface area contributed by atoms with Gasteiger partial charge in [0.25, 0.3) is 5.91 Å². The van der Waals surface area contributed by atoms with Crippen LogP contribution in [0.1, 0.15) is 31.1 Å². The number of nitrogens with zero attached hydrogens (tertiary/aromatic N) is 3. The number of rotatable bonds is 5. The van der Waals surface area contributed by atoms with Crippen LogP contribution < -0.4 is 10.0 Å². The highest BCUT2D eigenvalue weighted by atomic mass is 35.5. The standard InChI is InChI=1S/C19H20ClN5O3S/c1-19(2,3)24-29(27,28)16-10-13(4-6-15(16)20)18(26)23-14-5-7-17(22-11-14)25-9-8-21-12-25/h4-12,24H,1-3H3,(H,23,26). The largest absolute Gasteiger partial charge is 0.321 e. The Bertz CT molecular complexity index is 1120. The monoisotopic (exact) mass is 433 g/mol. The Balaban J connectivity index is 1.81. The van der Waals surface area contributed by atoms with Gasteiger partial charge in [-0.2, -0.15) is 0 Å². The average molecular weight is 434 g/mol. The Hall–Kier alpha value is -2.75. The summed E-state index contributed by atoms with van der Waals surface area (Å²) in [7, 11) is -3.89. The number of sulfonamides is 1. The number of imidazole rings is 1. The molecule has 2 heterocycles. The number of halogens is 1. The van der Waals surface area contributed by atoms with Crippen LogP contribution in [-0.2, 0) is 10.0 Å². The average Bonchev–Trinajstić information content (AvgIpc) is 3.15. The second-order valence-corrected chi connectivity index (χ2v) is 9.39. The van der Waals surface area contributed by atoms with Crippen molar-refractivity contribution in [3.63, 3.8) is 0 Å². The third-order valence-corrected chi connectivity index (χ3v) is 5.94. The van der Waals surface area contributed by atoms with Crippen LogP contribution in [0, 0.1) is 0 Å². The summed E-state index contributed by atoms with van der Waals surface area (Å²) in [6.45, 7) is 5.15. The van der Waals surface area contributed by atoms with E-state index in [9.17, 15) is 13.2 Å². The van der Waals surface area contributed by atoms with Crippen molar-refractivity contribution in [1.29, 1.82) is 0 Å². The molecule has 1 aromatic carbocycles. The molecule has 152 valence electrons. The van der Waals surface area contributed by atoms with Crippen LogP contribution in [0.25, 0.3) is 5.82 Å². The van der Waals surface area contributed by atoms with E-state index in [4.69, 9.17) is 11.6 Å². The highest BCUT2D eigenvalue weighted by molar-refractivity contribution is 7.89. The smallest absolute Gasteiger partial charge is 0.255 e. The first-order chi connectivity index (χ1) is 13.5. The molecule has 0 bridgehead atoms. The van der Waals surface area contributed by atoms with Crippen LogP contribution in [-0.4, -0.2) is 34.4 Å². The minimum absolute atomic E-state index is 0.0321. The zero-order valence-electron chi connectivity index (χ0n) is 16.0. The van der Waals surface area contributed by atoms with E-state index in [0.29, 0.717) is 11.5 Å². The van der Waals surface area contributed by atoms with Crippen molar-refractivity contribution in [2.24, 2.45) is 0 Å². The Morgan fingerprint density at radius 1 is 1.17 bits per heavy atom. The first-order valence-electron chi connectivity index (χ1n) is 8.64. The molecular formula is C19H20ClN5O3S. The number of pyridine rings is 1. The summed E-state index contributed by atoms with van der Waals surface area (Å²) in [5, 5.41) is 2.72. The van der Waals surface area contributed by atoms with Crippen LogP contribution in [0.4, 0.5) is 5.69 Å². The van der Waals surface area contributed by atoms with Crippen molar-refractivity contribution in [3.8, 4) is 5.82 Å². The number of hydrogen-bond donors (Lipinski definition) is 2. The van der Waals surface area contributed by atoms with Gasteiger partial charge in [-0.05, 0) is 51.1 Å². The van der Waals surface area contributed by atoms with Gasteiger partial charge in [0.15, 0.2) is 0 Å². The summed E-state index contributed by atoms with van der Waals surface area (Å²) in [5.41, 5.74) is -0.0725. The molecule has 3 rings (SSSR count). The molecule has 0 aliphatic carbocycles. The van der Waals surface area contributed by atoms with Gasteiger partial charge in [-0.1, -0.05) is 11.6 Å². The van der Waals surface area contributed by atoms with E-state index >= 15 is 0 Å². The van der Waals surface area contributed by atoms with Gasteiger partial charge in [-0.25, -0.2) is 23.1 Å². The van der Waals surface area contributed by atoms with Crippen molar-refractivity contribution in [3.05, 3.63) is 65.8 Å². The summed E-state index contributed by atoms with van der Waals surface area (Å²) in [6, 6.07) is 7.51. The molecule has 0 spiro atoms. The van der Waals surface area contributed by atoms with E-state index in [2.05, 4.69) is 20.0 Å². The van der Waals surface area contributed by atoms with Gasteiger partial charge in [0.05, 0.1) is 16.9 Å². The maximum Gasteiger partial charge on any atom is 0.255 e. The Morgan fingerprint density at radius 2 is 1.93 bits per heavy atom.